The first-order chi connectivity index (χ1) is 30.1. The maximum Gasteiger partial charge on any atom is 0.343 e. The Morgan fingerprint density at radius 3 is 2.29 bits per heavy atom. The number of nitrogens with one attached hydrogen (secondary N) is 1. The van der Waals surface area contributed by atoms with Crippen LogP contribution in [0, 0.1) is 18.7 Å². The van der Waals surface area contributed by atoms with Crippen LogP contribution >= 0.6 is 11.6 Å². The molecule has 0 amide bonds. The lowest BCUT2D eigenvalue weighted by atomic mass is 9.94. The number of methoxy groups -OCH3 is 2. The molecule has 5 aromatic rings. The van der Waals surface area contributed by atoms with E-state index in [0.29, 0.717) is 74.5 Å². The predicted molar refractivity (Wildman–Crippen MR) is 231 cm³/mol. The van der Waals surface area contributed by atoms with E-state index in [9.17, 15) is 19.2 Å². The van der Waals surface area contributed by atoms with Crippen LogP contribution < -0.4 is 25.1 Å². The zero-order chi connectivity index (χ0) is 43.5. The van der Waals surface area contributed by atoms with Crippen molar-refractivity contribution >= 4 is 56.9 Å². The molecule has 2 unspecified atom stereocenters. The highest BCUT2D eigenvalue weighted by atomic mass is 35.5. The minimum atomic E-state index is -0.821. The first-order valence-electron chi connectivity index (χ1n) is 21.0. The minimum absolute atomic E-state index is 0.000934. The average molecular weight is 873 g/mol. The van der Waals surface area contributed by atoms with E-state index >= 15 is 4.39 Å². The lowest BCUT2D eigenvalue weighted by Crippen LogP contribution is -2.40. The van der Waals surface area contributed by atoms with Crippen LogP contribution in [0.25, 0.3) is 21.8 Å². The summed E-state index contributed by atoms with van der Waals surface area (Å²) < 4.78 is 52.7. The Bertz CT molecular complexity index is 2540. The molecule has 2 saturated heterocycles. The van der Waals surface area contributed by atoms with E-state index in [-0.39, 0.29) is 75.0 Å². The number of anilines is 1. The van der Waals surface area contributed by atoms with Gasteiger partial charge in [-0.3, -0.25) is 19.0 Å². The van der Waals surface area contributed by atoms with Crippen LogP contribution in [-0.2, 0) is 30.2 Å². The summed E-state index contributed by atoms with van der Waals surface area (Å²) in [5.74, 6) is -0.829. The van der Waals surface area contributed by atoms with E-state index in [0.717, 1.165) is 32.2 Å². The Morgan fingerprint density at radius 1 is 0.871 bits per heavy atom. The summed E-state index contributed by atoms with van der Waals surface area (Å²) in [7, 11) is 3.03. The van der Waals surface area contributed by atoms with Gasteiger partial charge in [-0.1, -0.05) is 11.6 Å². The van der Waals surface area contributed by atoms with Crippen molar-refractivity contribution in [2.75, 3.05) is 78.4 Å². The molecule has 1 N–H and O–H groups in total. The van der Waals surface area contributed by atoms with Crippen molar-refractivity contribution in [3.63, 3.8) is 0 Å². The SMILES string of the molecule is COc1ccc2c(c1)c(CC(=O)OCCOCCOCCOC(=O)c1cn(C3CC3)c3c(OC)c(N4CC5CCCNC5C4)c(F)cc3c1=O)c(C)n2C(=O)c1ccc(Cl)cc1. The Labute approximate surface area is 362 Å². The molecule has 3 aliphatic rings. The van der Waals surface area contributed by atoms with Crippen LogP contribution in [0.15, 0.2) is 59.5 Å². The van der Waals surface area contributed by atoms with Gasteiger partial charge in [0, 0.05) is 53.0 Å². The van der Waals surface area contributed by atoms with Crippen LogP contribution in [0.4, 0.5) is 10.1 Å². The predicted octanol–water partition coefficient (Wildman–Crippen LogP) is 6.26. The lowest BCUT2D eigenvalue weighted by molar-refractivity contribution is -0.144. The fraction of sp³-hybridized carbons (Fsp3) is 0.435. The fourth-order valence-corrected chi connectivity index (χ4v) is 8.87. The molecule has 0 bridgehead atoms. The van der Waals surface area contributed by atoms with Crippen LogP contribution in [0.3, 0.4) is 0 Å². The van der Waals surface area contributed by atoms with E-state index < -0.39 is 23.2 Å². The number of carbonyl (C=O) groups is 3. The van der Waals surface area contributed by atoms with Gasteiger partial charge in [-0.15, -0.1) is 0 Å². The summed E-state index contributed by atoms with van der Waals surface area (Å²) in [5, 5.41) is 4.84. The highest BCUT2D eigenvalue weighted by molar-refractivity contribution is 6.30. The number of aromatic nitrogens is 2. The first-order valence-corrected chi connectivity index (χ1v) is 21.4. The Kier molecular flexibility index (Phi) is 13.1. The van der Waals surface area contributed by atoms with Gasteiger partial charge in [0.05, 0.1) is 63.5 Å². The molecule has 2 aliphatic heterocycles. The van der Waals surface area contributed by atoms with Crippen molar-refractivity contribution in [3.8, 4) is 11.5 Å². The van der Waals surface area contributed by atoms with E-state index in [4.69, 9.17) is 40.0 Å². The largest absolute Gasteiger partial charge is 0.497 e. The third-order valence-electron chi connectivity index (χ3n) is 12.0. The number of fused-ring (bicyclic) bond motifs is 3. The molecule has 0 radical (unpaired) electrons. The second kappa shape index (κ2) is 18.9. The van der Waals surface area contributed by atoms with Gasteiger partial charge >= 0.3 is 11.9 Å². The van der Waals surface area contributed by atoms with Crippen molar-refractivity contribution in [2.45, 2.75) is 51.1 Å². The van der Waals surface area contributed by atoms with Gasteiger partial charge in [-0.25, -0.2) is 9.18 Å². The van der Waals surface area contributed by atoms with Crippen LogP contribution in [-0.4, -0.2) is 107 Å². The van der Waals surface area contributed by atoms with Crippen molar-refractivity contribution in [2.24, 2.45) is 5.92 Å². The topological polar surface area (TPSA) is 149 Å². The summed E-state index contributed by atoms with van der Waals surface area (Å²) in [6, 6.07) is 13.5. The molecular formula is C46H50ClFN4O10. The Morgan fingerprint density at radius 2 is 1.60 bits per heavy atom. The number of benzene rings is 3. The molecule has 1 aliphatic carbocycles. The van der Waals surface area contributed by atoms with E-state index in [2.05, 4.69) is 5.32 Å². The highest BCUT2D eigenvalue weighted by Gasteiger charge is 2.38. The number of pyridine rings is 1. The van der Waals surface area contributed by atoms with Gasteiger partial charge in [-0.05, 0) is 99.2 Å². The van der Waals surface area contributed by atoms with Crippen LogP contribution in [0.5, 0.6) is 11.5 Å². The highest BCUT2D eigenvalue weighted by Crippen LogP contribution is 2.45. The van der Waals surface area contributed by atoms with Gasteiger partial charge < -0.3 is 43.2 Å². The van der Waals surface area contributed by atoms with Crippen molar-refractivity contribution < 1.29 is 47.2 Å². The summed E-state index contributed by atoms with van der Waals surface area (Å²) in [6.45, 7) is 4.48. The number of carbonyl (C=O) groups excluding carboxylic acids is 3. The normalized spacial score (nSPS) is 17.3. The molecule has 16 heteroatoms. The quantitative estimate of drug-likeness (QED) is 0.0831. The number of esters is 2. The monoisotopic (exact) mass is 872 g/mol. The van der Waals surface area contributed by atoms with Crippen molar-refractivity contribution in [1.82, 2.24) is 14.5 Å². The third-order valence-corrected chi connectivity index (χ3v) is 12.2. The van der Waals surface area contributed by atoms with E-state index in [1.165, 1.54) is 19.4 Å². The number of nitrogens with zero attached hydrogens (tertiary/aromatic N) is 3. The van der Waals surface area contributed by atoms with Gasteiger partial charge in [0.1, 0.15) is 30.2 Å². The standard InChI is InChI=1S/C46H50ClFN4O10/c1-27-33(34-21-32(57-2)12-13-39(34)52(27)45(55)28-6-8-30(47)9-7-28)23-40(53)61-19-17-59-15-16-60-18-20-62-46(56)36-25-51(31-10-11-31)41-35(43(36)54)22-37(48)42(44(41)58-3)50-24-29-5-4-14-49-38(29)26-50/h6-9,12-13,21-22,25,29,31,38,49H,4-5,10-11,14-20,23-24,26H2,1-3H3. The van der Waals surface area contributed by atoms with Gasteiger partial charge in [0.25, 0.3) is 5.91 Å². The average Bonchev–Trinajstić information content (AvgIpc) is 3.97. The molecule has 14 nitrogen and oxygen atoms in total. The van der Waals surface area contributed by atoms with Crippen LogP contribution in [0.2, 0.25) is 5.02 Å². The maximum atomic E-state index is 16.0. The summed E-state index contributed by atoms with van der Waals surface area (Å²) >= 11 is 6.04. The second-order valence-electron chi connectivity index (χ2n) is 15.9. The molecule has 3 fully saturated rings. The zero-order valence-electron chi connectivity index (χ0n) is 35.0. The summed E-state index contributed by atoms with van der Waals surface area (Å²) in [4.78, 5) is 55.5. The lowest BCUT2D eigenvalue weighted by Gasteiger charge is -2.25. The molecule has 62 heavy (non-hydrogen) atoms. The maximum absolute atomic E-state index is 16.0. The smallest absolute Gasteiger partial charge is 0.343 e. The third kappa shape index (κ3) is 8.89. The fourth-order valence-electron chi connectivity index (χ4n) is 8.75. The Balaban J connectivity index is 0.805. The van der Waals surface area contributed by atoms with Gasteiger partial charge in [0.15, 0.2) is 11.6 Å². The van der Waals surface area contributed by atoms with Gasteiger partial charge in [0.2, 0.25) is 5.43 Å². The Hall–Kier alpha value is -5.48. The summed E-state index contributed by atoms with van der Waals surface area (Å²) in [5.41, 5.74) is 2.36. The number of halogens is 2. The molecule has 8 rings (SSSR count). The molecule has 328 valence electrons. The molecule has 2 atom stereocenters. The second-order valence-corrected chi connectivity index (χ2v) is 16.3. The molecule has 3 aromatic carbocycles. The van der Waals surface area contributed by atoms with E-state index in [1.807, 2.05) is 9.47 Å². The van der Waals surface area contributed by atoms with Crippen LogP contribution in [0.1, 0.15) is 63.7 Å². The first kappa shape index (κ1) is 43.2. The molecule has 1 saturated carbocycles. The number of hydrogen-bond donors (Lipinski definition) is 1. The molecule has 4 heterocycles. The van der Waals surface area contributed by atoms with Crippen molar-refractivity contribution in [1.29, 1.82) is 0 Å². The molecular weight excluding hydrogens is 823 g/mol. The minimum Gasteiger partial charge on any atom is -0.497 e. The number of ether oxygens (including phenoxy) is 6. The van der Waals surface area contributed by atoms with E-state index in [1.54, 1.807) is 61.1 Å². The number of hydrogen-bond acceptors (Lipinski definition) is 12. The van der Waals surface area contributed by atoms with Crippen molar-refractivity contribution in [3.05, 3.63) is 98.2 Å². The zero-order valence-corrected chi connectivity index (χ0v) is 35.8. The molecule has 0 spiro atoms. The number of piperidine rings is 1. The van der Waals surface area contributed by atoms with Gasteiger partial charge in [-0.2, -0.15) is 0 Å². The molecule has 2 aromatic heterocycles. The number of rotatable bonds is 17. The summed E-state index contributed by atoms with van der Waals surface area (Å²) in [6.07, 6.45) is 5.32.